The normalized spacial score (nSPS) is 10.5. The first-order valence-corrected chi connectivity index (χ1v) is 6.86. The van der Waals surface area contributed by atoms with Crippen molar-refractivity contribution in [3.8, 4) is 5.69 Å². The summed E-state index contributed by atoms with van der Waals surface area (Å²) in [4.78, 5) is 4.21. The first-order valence-electron chi connectivity index (χ1n) is 6.48. The zero-order valence-electron chi connectivity index (χ0n) is 11.2. The van der Waals surface area contributed by atoms with Gasteiger partial charge in [-0.05, 0) is 29.8 Å². The van der Waals surface area contributed by atoms with Crippen LogP contribution >= 0.6 is 11.6 Å². The largest absolute Gasteiger partial charge is 0.368 e. The molecule has 6 heteroatoms. The Bertz CT molecular complexity index is 739. The van der Waals surface area contributed by atoms with E-state index in [1.165, 1.54) is 0 Å². The van der Waals surface area contributed by atoms with Crippen LogP contribution in [0.5, 0.6) is 0 Å². The predicted octanol–water partition coefficient (Wildman–Crippen LogP) is 3.12. The summed E-state index contributed by atoms with van der Waals surface area (Å²) in [6.07, 6.45) is 0. The van der Waals surface area contributed by atoms with Gasteiger partial charge in [0.15, 0.2) is 0 Å². The summed E-state index contributed by atoms with van der Waals surface area (Å²) in [5.74, 6) is 0.825. The molecule has 1 heterocycles. The highest BCUT2D eigenvalue weighted by Crippen LogP contribution is 2.15. The average Bonchev–Trinajstić information content (AvgIpc) is 2.87. The Kier molecular flexibility index (Phi) is 3.75. The number of anilines is 2. The zero-order chi connectivity index (χ0) is 14.7. The first-order chi connectivity index (χ1) is 10.2. The Balaban J connectivity index is 1.76. The van der Waals surface area contributed by atoms with Crippen LogP contribution in [0.3, 0.4) is 0 Å². The highest BCUT2D eigenvalue weighted by molar-refractivity contribution is 6.30. The lowest BCUT2D eigenvalue weighted by Gasteiger charge is -2.02. The monoisotopic (exact) mass is 299 g/mol. The Hall–Kier alpha value is -2.53. The quantitative estimate of drug-likeness (QED) is 0.776. The molecule has 21 heavy (non-hydrogen) atoms. The van der Waals surface area contributed by atoms with Gasteiger partial charge in [-0.3, -0.25) is 0 Å². The molecule has 1 aromatic heterocycles. The number of nitrogens with one attached hydrogen (secondary N) is 1. The van der Waals surface area contributed by atoms with E-state index in [2.05, 4.69) is 15.4 Å². The number of hydrogen-bond donors (Lipinski definition) is 2. The van der Waals surface area contributed by atoms with Crippen LogP contribution in [0.1, 0.15) is 5.56 Å². The van der Waals surface area contributed by atoms with E-state index in [9.17, 15) is 0 Å². The second-order valence-corrected chi connectivity index (χ2v) is 4.96. The third kappa shape index (κ3) is 3.14. The molecule has 0 aliphatic rings. The first kappa shape index (κ1) is 13.5. The van der Waals surface area contributed by atoms with Gasteiger partial charge in [0.1, 0.15) is 0 Å². The summed E-state index contributed by atoms with van der Waals surface area (Å²) in [6, 6.07) is 17.3. The van der Waals surface area contributed by atoms with Gasteiger partial charge in [0.2, 0.25) is 11.9 Å². The molecule has 0 aliphatic carbocycles. The summed E-state index contributed by atoms with van der Waals surface area (Å²) in [7, 11) is 0. The fraction of sp³-hybridized carbons (Fsp3) is 0.0667. The third-order valence-corrected chi connectivity index (χ3v) is 3.21. The number of nitrogens with zero attached hydrogens (tertiary/aromatic N) is 3. The van der Waals surface area contributed by atoms with E-state index in [1.807, 2.05) is 54.6 Å². The summed E-state index contributed by atoms with van der Waals surface area (Å²) in [6.45, 7) is 0.582. The van der Waals surface area contributed by atoms with Crippen LogP contribution in [-0.2, 0) is 6.54 Å². The van der Waals surface area contributed by atoms with E-state index < -0.39 is 0 Å². The maximum atomic E-state index is 5.95. The van der Waals surface area contributed by atoms with Gasteiger partial charge in [-0.1, -0.05) is 41.9 Å². The molecule has 0 aliphatic heterocycles. The second kappa shape index (κ2) is 5.85. The molecule has 0 fully saturated rings. The molecule has 3 aromatic rings. The average molecular weight is 300 g/mol. The third-order valence-electron chi connectivity index (χ3n) is 2.97. The van der Waals surface area contributed by atoms with Crippen molar-refractivity contribution in [2.24, 2.45) is 0 Å². The molecular weight excluding hydrogens is 286 g/mol. The minimum absolute atomic E-state index is 0.342. The van der Waals surface area contributed by atoms with Gasteiger partial charge in [-0.2, -0.15) is 9.67 Å². The van der Waals surface area contributed by atoms with E-state index in [-0.39, 0.29) is 0 Å². The summed E-state index contributed by atoms with van der Waals surface area (Å²) >= 11 is 5.95. The maximum Gasteiger partial charge on any atom is 0.244 e. The van der Waals surface area contributed by atoms with Crippen molar-refractivity contribution >= 4 is 23.5 Å². The molecular formula is C15H14ClN5. The summed E-state index contributed by atoms with van der Waals surface area (Å²) in [5.41, 5.74) is 7.82. The topological polar surface area (TPSA) is 68.8 Å². The fourth-order valence-corrected chi connectivity index (χ4v) is 2.20. The van der Waals surface area contributed by atoms with E-state index >= 15 is 0 Å². The lowest BCUT2D eigenvalue weighted by molar-refractivity contribution is 0.887. The van der Waals surface area contributed by atoms with Crippen LogP contribution in [0.2, 0.25) is 5.02 Å². The maximum absolute atomic E-state index is 5.95. The number of nitrogens with two attached hydrogens (primary N) is 1. The van der Waals surface area contributed by atoms with E-state index in [0.29, 0.717) is 23.5 Å². The Morgan fingerprint density at radius 1 is 1.10 bits per heavy atom. The van der Waals surface area contributed by atoms with Crippen molar-refractivity contribution in [1.82, 2.24) is 14.8 Å². The molecule has 0 radical (unpaired) electrons. The molecule has 2 aromatic carbocycles. The molecule has 5 nitrogen and oxygen atoms in total. The molecule has 0 amide bonds. The van der Waals surface area contributed by atoms with Crippen molar-refractivity contribution in [3.63, 3.8) is 0 Å². The smallest absolute Gasteiger partial charge is 0.244 e. The highest BCUT2D eigenvalue weighted by Gasteiger charge is 2.08. The Morgan fingerprint density at radius 3 is 2.67 bits per heavy atom. The number of para-hydroxylation sites is 1. The van der Waals surface area contributed by atoms with Crippen molar-refractivity contribution in [1.29, 1.82) is 0 Å². The van der Waals surface area contributed by atoms with Crippen molar-refractivity contribution in [2.75, 3.05) is 11.1 Å². The van der Waals surface area contributed by atoms with E-state index in [1.54, 1.807) is 4.68 Å². The van der Waals surface area contributed by atoms with Gasteiger partial charge < -0.3 is 11.1 Å². The summed E-state index contributed by atoms with van der Waals surface area (Å²) < 4.78 is 1.60. The lowest BCUT2D eigenvalue weighted by atomic mass is 10.2. The highest BCUT2D eigenvalue weighted by atomic mass is 35.5. The van der Waals surface area contributed by atoms with E-state index in [4.69, 9.17) is 17.3 Å². The molecule has 0 saturated heterocycles. The Morgan fingerprint density at radius 2 is 1.90 bits per heavy atom. The minimum Gasteiger partial charge on any atom is -0.368 e. The molecule has 0 saturated carbocycles. The van der Waals surface area contributed by atoms with Crippen LogP contribution < -0.4 is 11.1 Å². The Labute approximate surface area is 127 Å². The van der Waals surface area contributed by atoms with Crippen LogP contribution in [0.25, 0.3) is 5.69 Å². The number of nitrogen functional groups attached to an aromatic ring is 1. The van der Waals surface area contributed by atoms with Crippen molar-refractivity contribution in [2.45, 2.75) is 6.54 Å². The van der Waals surface area contributed by atoms with Gasteiger partial charge in [0.25, 0.3) is 0 Å². The van der Waals surface area contributed by atoms with Gasteiger partial charge in [0, 0.05) is 11.6 Å². The number of aromatic nitrogens is 3. The summed E-state index contributed by atoms with van der Waals surface area (Å²) in [5, 5.41) is 8.20. The van der Waals surface area contributed by atoms with Crippen LogP contribution in [-0.4, -0.2) is 14.8 Å². The SMILES string of the molecule is Nc1nc(NCc2cccc(Cl)c2)nn1-c1ccccc1. The molecule has 0 bridgehead atoms. The van der Waals surface area contributed by atoms with Gasteiger partial charge >= 0.3 is 0 Å². The molecule has 0 spiro atoms. The molecule has 3 N–H and O–H groups in total. The fourth-order valence-electron chi connectivity index (χ4n) is 1.99. The number of benzene rings is 2. The minimum atomic E-state index is 0.342. The molecule has 106 valence electrons. The number of hydrogen-bond acceptors (Lipinski definition) is 4. The number of halogens is 1. The van der Waals surface area contributed by atoms with Crippen molar-refractivity contribution in [3.05, 3.63) is 65.2 Å². The molecule has 3 rings (SSSR count). The predicted molar refractivity (Wildman–Crippen MR) is 84.6 cm³/mol. The van der Waals surface area contributed by atoms with Crippen LogP contribution in [0.4, 0.5) is 11.9 Å². The molecule has 0 atom stereocenters. The molecule has 0 unspecified atom stereocenters. The zero-order valence-corrected chi connectivity index (χ0v) is 12.0. The standard InChI is InChI=1S/C15H14ClN5/c16-12-6-4-5-11(9-12)10-18-15-19-14(17)21(20-15)13-7-2-1-3-8-13/h1-9H,10H2,(H3,17,18,19,20). The van der Waals surface area contributed by atoms with Gasteiger partial charge in [-0.25, -0.2) is 0 Å². The van der Waals surface area contributed by atoms with Gasteiger partial charge in [0.05, 0.1) is 5.69 Å². The lowest BCUT2D eigenvalue weighted by Crippen LogP contribution is -2.03. The second-order valence-electron chi connectivity index (χ2n) is 4.52. The van der Waals surface area contributed by atoms with Crippen molar-refractivity contribution < 1.29 is 0 Å². The van der Waals surface area contributed by atoms with Crippen LogP contribution in [0, 0.1) is 0 Å². The van der Waals surface area contributed by atoms with Gasteiger partial charge in [-0.15, -0.1) is 5.10 Å². The van der Waals surface area contributed by atoms with E-state index in [0.717, 1.165) is 11.3 Å². The number of rotatable bonds is 4. The van der Waals surface area contributed by atoms with Crippen LogP contribution in [0.15, 0.2) is 54.6 Å².